The van der Waals surface area contributed by atoms with E-state index in [1.165, 1.54) is 24.3 Å². The summed E-state index contributed by atoms with van der Waals surface area (Å²) >= 11 is 0. The van der Waals surface area contributed by atoms with Crippen LogP contribution < -0.4 is 0 Å². The smallest absolute Gasteiger partial charge is 0.309 e. The van der Waals surface area contributed by atoms with Gasteiger partial charge in [0.1, 0.15) is 0 Å². The first-order valence-electron chi connectivity index (χ1n) is 17.1. The molecule has 0 aliphatic rings. The first kappa shape index (κ1) is 34.8. The summed E-state index contributed by atoms with van der Waals surface area (Å²) in [5.41, 5.74) is -0.804. The SMILES string of the molecule is Cc1cccc2c3cccc(C)c3n(-c3ccc(C(c4ccc(-c5nc(-c6ccccc6)nc(-c6ccccc6)n5)cc4)(C(F)(F)F)C(F)(F)F)cc3)c12. The highest BCUT2D eigenvalue weighted by Gasteiger charge is 2.72. The number of benzene rings is 6. The normalized spacial score (nSPS) is 12.4. The Bertz CT molecular complexity index is 2500. The van der Waals surface area contributed by atoms with Crippen molar-refractivity contribution in [2.75, 3.05) is 0 Å². The van der Waals surface area contributed by atoms with E-state index in [0.717, 1.165) is 57.2 Å². The van der Waals surface area contributed by atoms with Gasteiger partial charge in [-0.25, -0.2) is 15.0 Å². The van der Waals surface area contributed by atoms with Crippen LogP contribution in [0.3, 0.4) is 0 Å². The molecule has 0 aliphatic carbocycles. The molecule has 8 aromatic rings. The summed E-state index contributed by atoms with van der Waals surface area (Å²) < 4.78 is 93.6. The summed E-state index contributed by atoms with van der Waals surface area (Å²) in [5, 5.41) is 1.87. The maximum atomic E-state index is 15.3. The van der Waals surface area contributed by atoms with Crippen molar-refractivity contribution in [3.8, 4) is 39.9 Å². The van der Waals surface area contributed by atoms with E-state index in [-0.39, 0.29) is 11.4 Å². The van der Waals surface area contributed by atoms with Crippen molar-refractivity contribution >= 4 is 21.8 Å². The van der Waals surface area contributed by atoms with Crippen LogP contribution in [-0.2, 0) is 5.41 Å². The molecule has 2 heterocycles. The number of rotatable bonds is 6. The first-order valence-corrected chi connectivity index (χ1v) is 17.1. The van der Waals surface area contributed by atoms with E-state index in [9.17, 15) is 0 Å². The minimum Gasteiger partial charge on any atom is -0.309 e. The molecule has 0 spiro atoms. The van der Waals surface area contributed by atoms with Crippen LogP contribution >= 0.6 is 0 Å². The number of hydrogen-bond acceptors (Lipinski definition) is 3. The van der Waals surface area contributed by atoms with Gasteiger partial charge in [-0.1, -0.05) is 133 Å². The number of fused-ring (bicyclic) bond motifs is 3. The third kappa shape index (κ3) is 5.60. The molecule has 54 heavy (non-hydrogen) atoms. The number of aromatic nitrogens is 4. The van der Waals surface area contributed by atoms with Gasteiger partial charge in [0.05, 0.1) is 11.0 Å². The Kier molecular flexibility index (Phi) is 8.36. The van der Waals surface area contributed by atoms with Crippen molar-refractivity contribution in [2.45, 2.75) is 31.6 Å². The van der Waals surface area contributed by atoms with E-state index in [4.69, 9.17) is 0 Å². The molecular weight excluding hydrogens is 699 g/mol. The summed E-state index contributed by atoms with van der Waals surface area (Å²) in [7, 11) is 0. The number of para-hydroxylation sites is 2. The molecule has 8 rings (SSSR count). The van der Waals surface area contributed by atoms with Gasteiger partial charge >= 0.3 is 12.4 Å². The lowest BCUT2D eigenvalue weighted by Crippen LogP contribution is -2.54. The average Bonchev–Trinajstić information content (AvgIpc) is 3.52. The quantitative estimate of drug-likeness (QED) is 0.160. The molecule has 0 bridgehead atoms. The maximum absolute atomic E-state index is 15.3. The highest BCUT2D eigenvalue weighted by Crippen LogP contribution is 2.56. The Hall–Kier alpha value is -6.29. The van der Waals surface area contributed by atoms with Crippen molar-refractivity contribution in [1.82, 2.24) is 19.5 Å². The summed E-state index contributed by atoms with van der Waals surface area (Å²) in [6.45, 7) is 3.84. The largest absolute Gasteiger partial charge is 0.411 e. The molecule has 10 heteroatoms. The van der Waals surface area contributed by atoms with Gasteiger partial charge in [0.25, 0.3) is 0 Å². The van der Waals surface area contributed by atoms with Gasteiger partial charge in [-0.2, -0.15) is 26.3 Å². The van der Waals surface area contributed by atoms with Crippen LogP contribution in [0, 0.1) is 13.8 Å². The molecular formula is C44H30F6N4. The molecule has 0 aliphatic heterocycles. The predicted octanol–water partition coefficient (Wildman–Crippen LogP) is 12.0. The second kappa shape index (κ2) is 13.0. The second-order valence-electron chi connectivity index (χ2n) is 13.2. The number of hydrogen-bond donors (Lipinski definition) is 0. The molecule has 0 N–H and O–H groups in total. The molecule has 0 saturated heterocycles. The Morgan fingerprint density at radius 3 is 1.17 bits per heavy atom. The zero-order valence-electron chi connectivity index (χ0n) is 28.9. The van der Waals surface area contributed by atoms with Crippen molar-refractivity contribution in [3.63, 3.8) is 0 Å². The molecule has 268 valence electrons. The zero-order chi connectivity index (χ0) is 37.8. The van der Waals surface area contributed by atoms with Crippen LogP contribution in [0.2, 0.25) is 0 Å². The van der Waals surface area contributed by atoms with Gasteiger partial charge in [0, 0.05) is 33.2 Å². The lowest BCUT2D eigenvalue weighted by atomic mass is 9.72. The lowest BCUT2D eigenvalue weighted by molar-refractivity contribution is -0.288. The van der Waals surface area contributed by atoms with E-state index in [1.54, 1.807) is 48.5 Å². The fraction of sp³-hybridized carbons (Fsp3) is 0.114. The minimum atomic E-state index is -5.76. The van der Waals surface area contributed by atoms with Crippen LogP contribution in [0.1, 0.15) is 22.3 Å². The molecule has 0 unspecified atom stereocenters. The van der Waals surface area contributed by atoms with Gasteiger partial charge in [-0.15, -0.1) is 0 Å². The third-order valence-electron chi connectivity index (χ3n) is 9.90. The zero-order valence-corrected chi connectivity index (χ0v) is 28.9. The number of nitrogens with zero attached hydrogens (tertiary/aromatic N) is 4. The highest BCUT2D eigenvalue weighted by atomic mass is 19.4. The predicted molar refractivity (Wildman–Crippen MR) is 199 cm³/mol. The Morgan fingerprint density at radius 2 is 0.778 bits per heavy atom. The van der Waals surface area contributed by atoms with Crippen molar-refractivity contribution in [1.29, 1.82) is 0 Å². The van der Waals surface area contributed by atoms with E-state index in [1.807, 2.05) is 66.9 Å². The summed E-state index contributed by atoms with van der Waals surface area (Å²) in [6, 6.07) is 38.3. The topological polar surface area (TPSA) is 43.6 Å². The van der Waals surface area contributed by atoms with Crippen molar-refractivity contribution in [2.24, 2.45) is 0 Å². The van der Waals surface area contributed by atoms with E-state index in [2.05, 4.69) is 15.0 Å². The second-order valence-corrected chi connectivity index (χ2v) is 13.2. The Labute approximate surface area is 306 Å². The van der Waals surface area contributed by atoms with Gasteiger partial charge < -0.3 is 4.57 Å². The van der Waals surface area contributed by atoms with Crippen LogP contribution in [0.5, 0.6) is 0 Å². The number of alkyl halides is 6. The van der Waals surface area contributed by atoms with Crippen molar-refractivity contribution in [3.05, 3.63) is 168 Å². The fourth-order valence-corrected chi connectivity index (χ4v) is 7.37. The fourth-order valence-electron chi connectivity index (χ4n) is 7.37. The summed E-state index contributed by atoms with van der Waals surface area (Å²) in [4.78, 5) is 13.7. The summed E-state index contributed by atoms with van der Waals surface area (Å²) in [6.07, 6.45) is -11.5. The summed E-state index contributed by atoms with van der Waals surface area (Å²) in [5.74, 6) is 0.703. The van der Waals surface area contributed by atoms with Gasteiger partial charge in [0.15, 0.2) is 17.5 Å². The minimum absolute atomic E-state index is 0.0972. The van der Waals surface area contributed by atoms with Gasteiger partial charge in [-0.05, 0) is 48.2 Å². The molecule has 0 atom stereocenters. The standard InChI is InChI=1S/C44H30F6N4/c1-27-11-9-17-35-36-18-10-12-28(2)38(36)54(37(27)35)34-25-23-33(24-26-34)42(43(45,46)47,44(48,49)50)32-21-19-31(20-22-32)41-52-39(29-13-5-3-6-14-29)51-40(53-41)30-15-7-4-8-16-30/h3-26H,1-2H3. The third-order valence-corrected chi connectivity index (χ3v) is 9.90. The van der Waals surface area contributed by atoms with Crippen LogP contribution in [-0.4, -0.2) is 31.9 Å². The average molecular weight is 729 g/mol. The maximum Gasteiger partial charge on any atom is 0.411 e. The van der Waals surface area contributed by atoms with Gasteiger partial charge in [-0.3, -0.25) is 0 Å². The lowest BCUT2D eigenvalue weighted by Gasteiger charge is -2.38. The Morgan fingerprint density at radius 1 is 0.407 bits per heavy atom. The van der Waals surface area contributed by atoms with E-state index >= 15 is 26.3 Å². The van der Waals surface area contributed by atoms with Crippen LogP contribution in [0.25, 0.3) is 61.7 Å². The highest BCUT2D eigenvalue weighted by molar-refractivity contribution is 6.11. The Balaban J connectivity index is 1.26. The van der Waals surface area contributed by atoms with Crippen molar-refractivity contribution < 1.29 is 26.3 Å². The van der Waals surface area contributed by atoms with Crippen LogP contribution in [0.15, 0.2) is 146 Å². The number of aryl methyl sites for hydroxylation is 2. The molecule has 0 amide bonds. The molecule has 6 aromatic carbocycles. The van der Waals surface area contributed by atoms with E-state index < -0.39 is 28.9 Å². The number of halogens is 6. The molecule has 0 radical (unpaired) electrons. The molecule has 2 aromatic heterocycles. The molecule has 0 fully saturated rings. The van der Waals surface area contributed by atoms with Gasteiger partial charge in [0.2, 0.25) is 5.41 Å². The molecule has 4 nitrogen and oxygen atoms in total. The monoisotopic (exact) mass is 728 g/mol. The van der Waals surface area contributed by atoms with Crippen LogP contribution in [0.4, 0.5) is 26.3 Å². The van der Waals surface area contributed by atoms with E-state index in [0.29, 0.717) is 28.5 Å². The molecule has 0 saturated carbocycles. The first-order chi connectivity index (χ1) is 25.9.